The lowest BCUT2D eigenvalue weighted by atomic mass is 9.94. The van der Waals surface area contributed by atoms with Crippen molar-refractivity contribution < 1.29 is 4.74 Å². The van der Waals surface area contributed by atoms with Crippen LogP contribution in [0.25, 0.3) is 0 Å². The van der Waals surface area contributed by atoms with E-state index in [0.29, 0.717) is 6.10 Å². The van der Waals surface area contributed by atoms with Crippen molar-refractivity contribution in [3.63, 3.8) is 0 Å². The highest BCUT2D eigenvalue weighted by molar-refractivity contribution is 4.82. The van der Waals surface area contributed by atoms with E-state index in [2.05, 4.69) is 12.2 Å². The minimum absolute atomic E-state index is 0.580. The summed E-state index contributed by atoms with van der Waals surface area (Å²) in [4.78, 5) is 0. The summed E-state index contributed by atoms with van der Waals surface area (Å²) in [6, 6.07) is 0.802. The third kappa shape index (κ3) is 2.96. The molecule has 82 valence electrons. The summed E-state index contributed by atoms with van der Waals surface area (Å²) in [5, 5.41) is 3.71. The Morgan fingerprint density at radius 3 is 2.57 bits per heavy atom. The average molecular weight is 197 g/mol. The molecule has 0 radical (unpaired) electrons. The number of hydrogen-bond donors (Lipinski definition) is 1. The molecule has 1 aliphatic carbocycles. The second-order valence-corrected chi connectivity index (χ2v) is 4.78. The predicted octanol–water partition coefficient (Wildman–Crippen LogP) is 2.33. The summed E-state index contributed by atoms with van der Waals surface area (Å²) in [5.41, 5.74) is 0. The minimum atomic E-state index is 0.580. The van der Waals surface area contributed by atoms with Crippen LogP contribution in [-0.4, -0.2) is 25.3 Å². The van der Waals surface area contributed by atoms with E-state index >= 15 is 0 Å². The van der Waals surface area contributed by atoms with E-state index in [4.69, 9.17) is 4.74 Å². The Balaban J connectivity index is 1.63. The van der Waals surface area contributed by atoms with Crippen LogP contribution in [0.5, 0.6) is 0 Å². The van der Waals surface area contributed by atoms with Crippen LogP contribution in [0.2, 0.25) is 0 Å². The van der Waals surface area contributed by atoms with Crippen molar-refractivity contribution in [3.8, 4) is 0 Å². The fourth-order valence-corrected chi connectivity index (χ4v) is 2.49. The van der Waals surface area contributed by atoms with E-state index < -0.39 is 0 Å². The van der Waals surface area contributed by atoms with E-state index in [1.165, 1.54) is 45.1 Å². The molecule has 1 saturated carbocycles. The number of epoxide rings is 1. The Hall–Kier alpha value is -0.0800. The third-order valence-electron chi connectivity index (χ3n) is 3.68. The summed E-state index contributed by atoms with van der Waals surface area (Å²) in [7, 11) is 0. The van der Waals surface area contributed by atoms with Gasteiger partial charge in [0.25, 0.3) is 0 Å². The molecule has 2 fully saturated rings. The largest absolute Gasteiger partial charge is 0.373 e. The van der Waals surface area contributed by atoms with Crippen LogP contribution in [0.1, 0.15) is 45.4 Å². The summed E-state index contributed by atoms with van der Waals surface area (Å²) < 4.78 is 5.36. The number of hydrogen-bond acceptors (Lipinski definition) is 2. The lowest BCUT2D eigenvalue weighted by Crippen LogP contribution is -2.36. The second-order valence-electron chi connectivity index (χ2n) is 4.78. The fraction of sp³-hybridized carbons (Fsp3) is 1.00. The van der Waals surface area contributed by atoms with Gasteiger partial charge >= 0.3 is 0 Å². The standard InChI is InChI=1S/C12H23NO/c1-2-10(12-9-14-12)8-13-11-6-4-3-5-7-11/h10-13H,2-9H2,1H3/t10-,12-/m0/s1. The van der Waals surface area contributed by atoms with Gasteiger partial charge in [-0.3, -0.25) is 0 Å². The summed E-state index contributed by atoms with van der Waals surface area (Å²) in [5.74, 6) is 0.761. The topological polar surface area (TPSA) is 24.6 Å². The molecule has 1 saturated heterocycles. The third-order valence-corrected chi connectivity index (χ3v) is 3.68. The maximum atomic E-state index is 5.36. The first-order chi connectivity index (χ1) is 6.90. The fourth-order valence-electron chi connectivity index (χ4n) is 2.49. The van der Waals surface area contributed by atoms with E-state index in [-0.39, 0.29) is 0 Å². The van der Waals surface area contributed by atoms with Gasteiger partial charge in [0, 0.05) is 12.6 Å². The average Bonchev–Trinajstić information content (AvgIpc) is 3.05. The molecule has 0 unspecified atom stereocenters. The van der Waals surface area contributed by atoms with E-state index in [1.54, 1.807) is 0 Å². The van der Waals surface area contributed by atoms with Gasteiger partial charge in [-0.1, -0.05) is 26.2 Å². The molecule has 0 spiro atoms. The van der Waals surface area contributed by atoms with Crippen molar-refractivity contribution in [2.24, 2.45) is 5.92 Å². The first kappa shape index (κ1) is 10.4. The molecule has 0 aromatic rings. The Kier molecular flexibility index (Phi) is 3.82. The van der Waals surface area contributed by atoms with Gasteiger partial charge in [0.2, 0.25) is 0 Å². The predicted molar refractivity (Wildman–Crippen MR) is 58.4 cm³/mol. The smallest absolute Gasteiger partial charge is 0.0850 e. The van der Waals surface area contributed by atoms with E-state index in [1.807, 2.05) is 0 Å². The molecule has 2 nitrogen and oxygen atoms in total. The van der Waals surface area contributed by atoms with Gasteiger partial charge in [-0.05, 0) is 25.2 Å². The van der Waals surface area contributed by atoms with Gasteiger partial charge in [0.05, 0.1) is 12.7 Å². The Bertz CT molecular complexity index is 162. The molecule has 0 amide bonds. The zero-order valence-electron chi connectivity index (χ0n) is 9.30. The summed E-state index contributed by atoms with van der Waals surface area (Å²) >= 11 is 0. The summed E-state index contributed by atoms with van der Waals surface area (Å²) in [6.07, 6.45) is 8.91. The Morgan fingerprint density at radius 2 is 2.00 bits per heavy atom. The molecular formula is C12H23NO. The Labute approximate surface area is 87.4 Å². The van der Waals surface area contributed by atoms with Crippen LogP contribution in [0.15, 0.2) is 0 Å². The van der Waals surface area contributed by atoms with Gasteiger partial charge in [-0.25, -0.2) is 0 Å². The van der Waals surface area contributed by atoms with Gasteiger partial charge in [-0.2, -0.15) is 0 Å². The van der Waals surface area contributed by atoms with Crippen LogP contribution < -0.4 is 5.32 Å². The molecule has 2 atom stereocenters. The Morgan fingerprint density at radius 1 is 1.29 bits per heavy atom. The number of rotatable bonds is 5. The van der Waals surface area contributed by atoms with E-state index in [0.717, 1.165) is 18.6 Å². The molecule has 2 rings (SSSR count). The molecule has 1 aliphatic heterocycles. The van der Waals surface area contributed by atoms with Crippen molar-refractivity contribution in [2.45, 2.75) is 57.6 Å². The van der Waals surface area contributed by atoms with Crippen LogP contribution in [0, 0.1) is 5.92 Å². The van der Waals surface area contributed by atoms with E-state index in [9.17, 15) is 0 Å². The lowest BCUT2D eigenvalue weighted by molar-refractivity contribution is 0.287. The maximum Gasteiger partial charge on any atom is 0.0850 e. The normalized spacial score (nSPS) is 30.2. The van der Waals surface area contributed by atoms with Crippen LogP contribution >= 0.6 is 0 Å². The van der Waals surface area contributed by atoms with Crippen molar-refractivity contribution >= 4 is 0 Å². The molecule has 0 aromatic carbocycles. The zero-order valence-corrected chi connectivity index (χ0v) is 9.30. The van der Waals surface area contributed by atoms with Crippen molar-refractivity contribution in [3.05, 3.63) is 0 Å². The number of ether oxygens (including phenoxy) is 1. The molecule has 0 aromatic heterocycles. The highest BCUT2D eigenvalue weighted by atomic mass is 16.6. The number of nitrogens with one attached hydrogen (secondary N) is 1. The highest BCUT2D eigenvalue weighted by Gasteiger charge is 2.31. The van der Waals surface area contributed by atoms with Crippen molar-refractivity contribution in [1.82, 2.24) is 5.32 Å². The first-order valence-corrected chi connectivity index (χ1v) is 6.25. The molecule has 2 heteroatoms. The van der Waals surface area contributed by atoms with Gasteiger partial charge < -0.3 is 10.1 Å². The zero-order chi connectivity index (χ0) is 9.80. The second kappa shape index (κ2) is 5.13. The van der Waals surface area contributed by atoms with Crippen LogP contribution in [0.4, 0.5) is 0 Å². The van der Waals surface area contributed by atoms with Crippen LogP contribution in [-0.2, 0) is 4.74 Å². The molecule has 2 aliphatic rings. The molecule has 14 heavy (non-hydrogen) atoms. The molecule has 0 bridgehead atoms. The van der Waals surface area contributed by atoms with Gasteiger partial charge in [0.15, 0.2) is 0 Å². The summed E-state index contributed by atoms with van der Waals surface area (Å²) in [6.45, 7) is 4.45. The molecule has 1 heterocycles. The minimum Gasteiger partial charge on any atom is -0.373 e. The van der Waals surface area contributed by atoms with Gasteiger partial charge in [0.1, 0.15) is 0 Å². The van der Waals surface area contributed by atoms with Crippen molar-refractivity contribution in [1.29, 1.82) is 0 Å². The van der Waals surface area contributed by atoms with Gasteiger partial charge in [-0.15, -0.1) is 0 Å². The van der Waals surface area contributed by atoms with Crippen LogP contribution in [0.3, 0.4) is 0 Å². The maximum absolute atomic E-state index is 5.36. The quantitative estimate of drug-likeness (QED) is 0.684. The molecule has 1 N–H and O–H groups in total. The highest BCUT2D eigenvalue weighted by Crippen LogP contribution is 2.23. The first-order valence-electron chi connectivity index (χ1n) is 6.25. The van der Waals surface area contributed by atoms with Crippen molar-refractivity contribution in [2.75, 3.05) is 13.2 Å². The monoisotopic (exact) mass is 197 g/mol. The lowest BCUT2D eigenvalue weighted by Gasteiger charge is -2.24. The SMILES string of the molecule is CC[C@@H](CNC1CCCCC1)[C@@H]1CO1. The molecular weight excluding hydrogens is 174 g/mol.